The second-order valence-electron chi connectivity index (χ2n) is 15.8. The molecule has 0 saturated carbocycles. The highest BCUT2D eigenvalue weighted by Gasteiger charge is 2.45. The summed E-state index contributed by atoms with van der Waals surface area (Å²) in [5.74, 6) is 3.33. The number of methoxy groups -OCH3 is 1. The van der Waals surface area contributed by atoms with E-state index in [9.17, 15) is 9.59 Å². The number of amidine groups is 4. The van der Waals surface area contributed by atoms with E-state index in [1.54, 1.807) is 0 Å². The average molecular weight is 868 g/mol. The van der Waals surface area contributed by atoms with Gasteiger partial charge in [0.25, 0.3) is 0 Å². The van der Waals surface area contributed by atoms with Gasteiger partial charge >= 0.3 is 27.0 Å². The van der Waals surface area contributed by atoms with Gasteiger partial charge in [0.05, 0.1) is 12.9 Å². The Kier molecular flexibility index (Phi) is 9.18. The summed E-state index contributed by atoms with van der Waals surface area (Å²) in [6.07, 6.45) is -0.593. The molecule has 15 heteroatoms. The number of hydrogen-bond acceptors (Lipinski definition) is 11. The van der Waals surface area contributed by atoms with E-state index in [-0.39, 0.29) is 13.0 Å². The molecule has 14 nitrogen and oxygen atoms in total. The van der Waals surface area contributed by atoms with Crippen LogP contribution in [0.2, 0.25) is 0 Å². The molecule has 1 atom stereocenters. The number of aromatic nitrogens is 2. The molecule has 0 fully saturated rings. The number of ether oxygens (including phenoxy) is 2. The second-order valence-corrected chi connectivity index (χ2v) is 17.7. The maximum atomic E-state index is 13.0. The lowest BCUT2D eigenvalue weighted by molar-refractivity contribution is -0.143. The second kappa shape index (κ2) is 15.5. The zero-order valence-electron chi connectivity index (χ0n) is 34.6. The molecule has 0 unspecified atom stereocenters. The molecule has 1 N–H and O–H groups in total. The molecular weight excluding hydrogens is 834 g/mol. The van der Waals surface area contributed by atoms with Crippen LogP contribution in [0.5, 0.6) is 5.75 Å². The zero-order chi connectivity index (χ0) is 43.6. The van der Waals surface area contributed by atoms with E-state index in [0.717, 1.165) is 54.9 Å². The van der Waals surface area contributed by atoms with Crippen molar-refractivity contribution >= 4 is 83.5 Å². The average Bonchev–Trinajstić information content (AvgIpc) is 4.06. The van der Waals surface area contributed by atoms with Gasteiger partial charge in [-0.1, -0.05) is 140 Å². The van der Waals surface area contributed by atoms with Crippen molar-refractivity contribution in [2.24, 2.45) is 30.0 Å². The van der Waals surface area contributed by atoms with Gasteiger partial charge in [-0.15, -0.1) is 0 Å². The standard InChI is InChI=1S/C32H16N8.C18H19NO5.Al/c1-2-10-18-17(9-1)25-33-26(18)38-28-21-13-5-6-14-22(21)30(35-28)40-32-24-16-8-7-15-23(24)31(36-32)39-29-20-12-4-3-11-19(20)27(34-29)37-25;1-23-17(21)16(11-13-7-9-15(20)10-8-13)19-18(22)24-12-14-5-3-2-4-6-14;/h1-16H;2-10,16,20H,11-12H2,1H3,(H,19,22);/q-2;;+3/p-1/t;16-;/m.0./s1. The van der Waals surface area contributed by atoms with Gasteiger partial charge in [-0.3, -0.25) is 0 Å². The van der Waals surface area contributed by atoms with Crippen LogP contribution >= 0.6 is 0 Å². The van der Waals surface area contributed by atoms with Crippen molar-refractivity contribution in [3.8, 4) is 5.75 Å². The topological polar surface area (TPSA) is 158 Å². The largest absolute Gasteiger partial charge is 0.902 e. The van der Waals surface area contributed by atoms with Gasteiger partial charge < -0.3 is 25.7 Å². The lowest BCUT2D eigenvalue weighted by Crippen LogP contribution is -2.50. The number of nitrogens with zero attached hydrogens (tertiary/aromatic N) is 8. The summed E-state index contributed by atoms with van der Waals surface area (Å²) in [5.41, 5.74) is 6.30. The quantitative estimate of drug-likeness (QED) is 0.128. The number of aliphatic imine (C=N–C) groups is 4. The number of amides is 1. The van der Waals surface area contributed by atoms with Crippen LogP contribution in [0.4, 0.5) is 16.4 Å². The lowest BCUT2D eigenvalue weighted by Gasteiger charge is -2.21. The molecule has 0 radical (unpaired) electrons. The smallest absolute Gasteiger partial charge is 0.609 e. The molecule has 6 bridgehead atoms. The Morgan fingerprint density at radius 1 is 0.538 bits per heavy atom. The first-order chi connectivity index (χ1) is 32.0. The summed E-state index contributed by atoms with van der Waals surface area (Å²) in [7, 11) is 1.29. The molecule has 8 aromatic rings. The number of alkyl carbamates (subject to hydrolysis) is 1. The fourth-order valence-corrected chi connectivity index (χ4v) is 11.3. The molecular formula is C50H34AlN9O5. The molecule has 0 spiro atoms. The number of benzene rings is 6. The van der Waals surface area contributed by atoms with E-state index in [1.165, 1.54) is 7.11 Å². The maximum Gasteiger partial charge on any atom is 0.902 e. The minimum Gasteiger partial charge on any atom is -0.609 e. The highest BCUT2D eigenvalue weighted by Crippen LogP contribution is 2.41. The Hall–Kier alpha value is -8.25. The number of carbonyl (C=O) groups excluding carboxylic acids is 2. The predicted octanol–water partition coefficient (Wildman–Crippen LogP) is 7.01. The maximum absolute atomic E-state index is 13.0. The van der Waals surface area contributed by atoms with E-state index >= 15 is 0 Å². The van der Waals surface area contributed by atoms with Crippen molar-refractivity contribution in [2.75, 3.05) is 7.11 Å². The SMILES string of the molecule is COC(=O)[C@H](Cc1ccc([O][Al]2[n]3c4c5ccccc5c3N=C3N=C(N=c5c6ccccc6c([n]52)=NC2=NC(=N4)c4ccccc42)c2ccccc23)cc1)NC(=O)OCc1ccccc1. The van der Waals surface area contributed by atoms with E-state index in [4.69, 9.17) is 43.2 Å². The van der Waals surface area contributed by atoms with Crippen LogP contribution in [0.25, 0.3) is 21.5 Å². The molecule has 1 amide bonds. The van der Waals surface area contributed by atoms with Gasteiger partial charge in [-0.2, -0.15) is 0 Å². The Labute approximate surface area is 375 Å². The Morgan fingerprint density at radius 2 is 1.02 bits per heavy atom. The molecule has 65 heavy (non-hydrogen) atoms. The van der Waals surface area contributed by atoms with Gasteiger partial charge in [-0.25, -0.2) is 39.5 Å². The highest BCUT2D eigenvalue weighted by atomic mass is 27.2. The summed E-state index contributed by atoms with van der Waals surface area (Å²) in [5, 5.41) is 6.14. The van der Waals surface area contributed by atoms with E-state index < -0.39 is 33.0 Å². The number of fused-ring (bicyclic) bond motifs is 14. The highest BCUT2D eigenvalue weighted by molar-refractivity contribution is 6.52. The van der Waals surface area contributed by atoms with Gasteiger partial charge in [0.1, 0.15) is 35.3 Å². The first-order valence-electron chi connectivity index (χ1n) is 21.0. The summed E-state index contributed by atoms with van der Waals surface area (Å²) in [4.78, 5) is 57.7. The molecule has 312 valence electrons. The van der Waals surface area contributed by atoms with Crippen LogP contribution in [0.1, 0.15) is 33.4 Å². The van der Waals surface area contributed by atoms with Crippen LogP contribution in [-0.2, 0) is 27.3 Å². The van der Waals surface area contributed by atoms with Crippen LogP contribution in [0.15, 0.2) is 182 Å². The van der Waals surface area contributed by atoms with Gasteiger partial charge in [0.2, 0.25) is 0 Å². The number of carbonyl (C=O) groups is 2. The monoisotopic (exact) mass is 867 g/mol. The first-order valence-corrected chi connectivity index (χ1v) is 22.5. The summed E-state index contributed by atoms with van der Waals surface area (Å²) < 4.78 is 22.1. The molecule has 6 aromatic carbocycles. The number of esters is 1. The van der Waals surface area contributed by atoms with Gasteiger partial charge in [-0.05, 0) is 23.3 Å². The minimum absolute atomic E-state index is 0.0559. The Morgan fingerprint density at radius 3 is 1.54 bits per heavy atom. The molecule has 0 saturated heterocycles. The zero-order valence-corrected chi connectivity index (χ0v) is 35.8. The third kappa shape index (κ3) is 6.56. The Balaban J connectivity index is 1.04. The van der Waals surface area contributed by atoms with Gasteiger partial charge in [0.15, 0.2) is 23.3 Å². The van der Waals surface area contributed by atoms with Crippen LogP contribution in [0.3, 0.4) is 0 Å². The number of nitrogens with one attached hydrogen (secondary N) is 1. The van der Waals surface area contributed by atoms with Crippen molar-refractivity contribution < 1.29 is 22.9 Å². The van der Waals surface area contributed by atoms with Crippen LogP contribution in [0, 0.1) is 0 Å². The molecule has 12 rings (SSSR count). The molecule has 0 aliphatic carbocycles. The van der Waals surface area contributed by atoms with Gasteiger partial charge in [0, 0.05) is 50.2 Å². The van der Waals surface area contributed by atoms with Crippen molar-refractivity contribution in [1.82, 2.24) is 12.4 Å². The van der Waals surface area contributed by atoms with Crippen molar-refractivity contribution in [2.45, 2.75) is 19.1 Å². The number of hydrogen-bond donors (Lipinski definition) is 1. The fraction of sp³-hybridized carbons (Fsp3) is 0.0800. The third-order valence-corrected chi connectivity index (χ3v) is 14.2. The summed E-state index contributed by atoms with van der Waals surface area (Å²) in [6, 6.07) is 48.0. The van der Waals surface area contributed by atoms with E-state index in [0.29, 0.717) is 51.7 Å². The molecule has 6 heterocycles. The number of rotatable bonds is 8. The molecule has 4 aliphatic heterocycles. The first kappa shape index (κ1) is 38.4. The summed E-state index contributed by atoms with van der Waals surface area (Å²) in [6.45, 7) is 0.0559. The predicted molar refractivity (Wildman–Crippen MR) is 247 cm³/mol. The minimum atomic E-state index is -3.21. The molecule has 2 aromatic heterocycles. The molecule has 4 aliphatic rings. The van der Waals surface area contributed by atoms with E-state index in [1.807, 2.05) is 127 Å². The Bertz CT molecular complexity index is 3410. The lowest BCUT2D eigenvalue weighted by atomic mass is 10.1. The van der Waals surface area contributed by atoms with Crippen LogP contribution in [-0.4, -0.2) is 70.6 Å². The van der Waals surface area contributed by atoms with Crippen molar-refractivity contribution in [3.05, 3.63) is 196 Å². The fourth-order valence-electron chi connectivity index (χ4n) is 8.80. The third-order valence-electron chi connectivity index (χ3n) is 11.9. The normalized spacial score (nSPS) is 14.4. The van der Waals surface area contributed by atoms with E-state index in [2.05, 4.69) is 36.7 Å². The van der Waals surface area contributed by atoms with Crippen molar-refractivity contribution in [1.29, 1.82) is 0 Å². The van der Waals surface area contributed by atoms with Crippen LogP contribution < -0.4 is 20.1 Å². The van der Waals surface area contributed by atoms with Crippen molar-refractivity contribution in [3.63, 3.8) is 0 Å². The summed E-state index contributed by atoms with van der Waals surface area (Å²) >= 11 is -3.21.